The molecule has 1 saturated carbocycles. The number of hydrogen-bond acceptors (Lipinski definition) is 3. The number of nitrogens with zero attached hydrogens (tertiary/aromatic N) is 1. The lowest BCUT2D eigenvalue weighted by Crippen LogP contribution is -2.44. The van der Waals surface area contributed by atoms with Crippen molar-refractivity contribution in [2.24, 2.45) is 11.8 Å². The Balaban J connectivity index is 1.83. The zero-order valence-electron chi connectivity index (χ0n) is 12.6. The summed E-state index contributed by atoms with van der Waals surface area (Å²) in [5.41, 5.74) is 0. The van der Waals surface area contributed by atoms with Gasteiger partial charge in [0.05, 0.1) is 6.10 Å². The number of ether oxygens (including phenoxy) is 1. The van der Waals surface area contributed by atoms with E-state index in [9.17, 15) is 4.79 Å². The average molecular weight is 267 g/mol. The molecule has 0 aromatic heterocycles. The molecule has 1 heterocycles. The predicted molar refractivity (Wildman–Crippen MR) is 77.2 cm³/mol. The van der Waals surface area contributed by atoms with Gasteiger partial charge in [0.25, 0.3) is 0 Å². The number of carbonyl (C=O) groups is 1. The second-order valence-electron chi connectivity index (χ2n) is 6.19. The Hall–Kier alpha value is -0.410. The summed E-state index contributed by atoms with van der Waals surface area (Å²) in [7, 11) is 0. The Labute approximate surface area is 117 Å². The lowest BCUT2D eigenvalue weighted by atomic mass is 9.79. The van der Waals surface area contributed by atoms with E-state index < -0.39 is 0 Å². The summed E-state index contributed by atoms with van der Waals surface area (Å²) in [6.07, 6.45) is 7.05. The molecule has 3 unspecified atom stereocenters. The number of likely N-dealkylation sites (tertiary alicyclic amines) is 1. The molecule has 2 fully saturated rings. The van der Waals surface area contributed by atoms with Crippen LogP contribution in [0.1, 0.15) is 52.4 Å². The quantitative estimate of drug-likeness (QED) is 0.767. The first-order valence-electron chi connectivity index (χ1n) is 8.09. The van der Waals surface area contributed by atoms with Crippen LogP contribution in [0.4, 0.5) is 0 Å². The van der Waals surface area contributed by atoms with Gasteiger partial charge >= 0.3 is 0 Å². The van der Waals surface area contributed by atoms with Crippen molar-refractivity contribution < 1.29 is 9.53 Å². The van der Waals surface area contributed by atoms with E-state index in [0.717, 1.165) is 51.4 Å². The molecular formula is C16H29NO2. The highest BCUT2D eigenvalue weighted by molar-refractivity contribution is 5.81. The third-order valence-electron chi connectivity index (χ3n) is 4.79. The van der Waals surface area contributed by atoms with E-state index in [0.29, 0.717) is 17.8 Å². The molecule has 2 aliphatic rings. The van der Waals surface area contributed by atoms with Crippen molar-refractivity contribution >= 4 is 5.78 Å². The topological polar surface area (TPSA) is 29.5 Å². The summed E-state index contributed by atoms with van der Waals surface area (Å²) in [4.78, 5) is 14.5. The molecule has 2 rings (SSSR count). The molecule has 1 aliphatic carbocycles. The summed E-state index contributed by atoms with van der Waals surface area (Å²) in [5, 5.41) is 0. The zero-order chi connectivity index (χ0) is 13.7. The summed E-state index contributed by atoms with van der Waals surface area (Å²) in [5.74, 6) is 1.57. The SMILES string of the molecule is CCOC1CCCN(CC2CC(CC)CCC2=O)C1. The number of hydrogen-bond donors (Lipinski definition) is 0. The van der Waals surface area contributed by atoms with Crippen LogP contribution in [0.2, 0.25) is 0 Å². The minimum atomic E-state index is 0.291. The van der Waals surface area contributed by atoms with Crippen LogP contribution in [0.25, 0.3) is 0 Å². The van der Waals surface area contributed by atoms with Crippen molar-refractivity contribution in [3.05, 3.63) is 0 Å². The lowest BCUT2D eigenvalue weighted by Gasteiger charge is -2.36. The predicted octanol–water partition coefficient (Wildman–Crippen LogP) is 2.88. The Morgan fingerprint density at radius 3 is 2.89 bits per heavy atom. The maximum atomic E-state index is 12.1. The fourth-order valence-electron chi connectivity index (χ4n) is 3.61. The normalized spacial score (nSPS) is 33.6. The van der Waals surface area contributed by atoms with Gasteiger partial charge in [-0.2, -0.15) is 0 Å². The monoisotopic (exact) mass is 267 g/mol. The fourth-order valence-corrected chi connectivity index (χ4v) is 3.61. The van der Waals surface area contributed by atoms with Crippen LogP contribution in [0, 0.1) is 11.8 Å². The van der Waals surface area contributed by atoms with Gasteiger partial charge in [-0.25, -0.2) is 0 Å². The van der Waals surface area contributed by atoms with Crippen LogP contribution >= 0.6 is 0 Å². The lowest BCUT2D eigenvalue weighted by molar-refractivity contribution is -0.126. The third kappa shape index (κ3) is 4.28. The molecule has 1 saturated heterocycles. The van der Waals surface area contributed by atoms with Crippen LogP contribution in [0.15, 0.2) is 0 Å². The highest BCUT2D eigenvalue weighted by Crippen LogP contribution is 2.29. The Kier molecular flexibility index (Phi) is 5.83. The summed E-state index contributed by atoms with van der Waals surface area (Å²) < 4.78 is 5.74. The van der Waals surface area contributed by atoms with Crippen molar-refractivity contribution in [2.75, 3.05) is 26.2 Å². The van der Waals surface area contributed by atoms with Crippen molar-refractivity contribution in [1.82, 2.24) is 4.90 Å². The smallest absolute Gasteiger partial charge is 0.137 e. The molecule has 0 radical (unpaired) electrons. The van der Waals surface area contributed by atoms with Crippen molar-refractivity contribution in [1.29, 1.82) is 0 Å². The maximum absolute atomic E-state index is 12.1. The van der Waals surface area contributed by atoms with E-state index in [2.05, 4.69) is 18.7 Å². The molecular weight excluding hydrogens is 238 g/mol. The molecule has 0 amide bonds. The summed E-state index contributed by atoms with van der Waals surface area (Å²) in [6, 6.07) is 0. The Morgan fingerprint density at radius 1 is 1.32 bits per heavy atom. The van der Waals surface area contributed by atoms with Crippen molar-refractivity contribution in [2.45, 2.75) is 58.5 Å². The maximum Gasteiger partial charge on any atom is 0.137 e. The van der Waals surface area contributed by atoms with Gasteiger partial charge in [-0.1, -0.05) is 13.3 Å². The Morgan fingerprint density at radius 2 is 2.16 bits per heavy atom. The minimum Gasteiger partial charge on any atom is -0.377 e. The van der Waals surface area contributed by atoms with E-state index in [4.69, 9.17) is 4.74 Å². The third-order valence-corrected chi connectivity index (χ3v) is 4.79. The highest BCUT2D eigenvalue weighted by atomic mass is 16.5. The molecule has 0 spiro atoms. The van der Waals surface area contributed by atoms with E-state index in [-0.39, 0.29) is 0 Å². The first-order valence-corrected chi connectivity index (χ1v) is 8.09. The molecule has 0 aromatic carbocycles. The minimum absolute atomic E-state index is 0.291. The summed E-state index contributed by atoms with van der Waals surface area (Å²) in [6.45, 7) is 8.26. The molecule has 19 heavy (non-hydrogen) atoms. The molecule has 3 nitrogen and oxygen atoms in total. The van der Waals surface area contributed by atoms with Gasteiger partial charge < -0.3 is 9.64 Å². The number of carbonyl (C=O) groups excluding carboxylic acids is 1. The van der Waals surface area contributed by atoms with Crippen molar-refractivity contribution in [3.8, 4) is 0 Å². The highest BCUT2D eigenvalue weighted by Gasteiger charge is 2.30. The van der Waals surface area contributed by atoms with Crippen LogP contribution in [-0.4, -0.2) is 43.0 Å². The van der Waals surface area contributed by atoms with E-state index in [1.54, 1.807) is 0 Å². The van der Waals surface area contributed by atoms with Gasteiger partial charge in [-0.05, 0) is 45.1 Å². The van der Waals surface area contributed by atoms with Gasteiger partial charge in [0, 0.05) is 32.0 Å². The second kappa shape index (κ2) is 7.39. The van der Waals surface area contributed by atoms with Crippen LogP contribution in [-0.2, 0) is 9.53 Å². The van der Waals surface area contributed by atoms with Gasteiger partial charge in [-0.3, -0.25) is 4.79 Å². The van der Waals surface area contributed by atoms with Gasteiger partial charge in [0.1, 0.15) is 5.78 Å². The summed E-state index contributed by atoms with van der Waals surface area (Å²) >= 11 is 0. The fraction of sp³-hybridized carbons (Fsp3) is 0.938. The second-order valence-corrected chi connectivity index (χ2v) is 6.19. The standard InChI is InChI=1S/C16H29NO2/c1-3-13-7-8-16(18)14(10-13)11-17-9-5-6-15(12-17)19-4-2/h13-15H,3-12H2,1-2H3. The van der Waals surface area contributed by atoms with Crippen LogP contribution in [0.5, 0.6) is 0 Å². The number of rotatable bonds is 5. The first kappa shape index (κ1) is 15.0. The van der Waals surface area contributed by atoms with E-state index in [1.165, 1.54) is 19.3 Å². The van der Waals surface area contributed by atoms with Crippen LogP contribution in [0.3, 0.4) is 0 Å². The average Bonchev–Trinajstić information content (AvgIpc) is 2.42. The number of Topliss-reactive ketones (excluding diaryl/α,β-unsaturated/α-hetero) is 1. The molecule has 3 atom stereocenters. The Bertz CT molecular complexity index is 290. The molecule has 0 bridgehead atoms. The van der Waals surface area contributed by atoms with E-state index in [1.807, 2.05) is 0 Å². The number of ketones is 1. The number of piperidine rings is 1. The molecule has 3 heteroatoms. The van der Waals surface area contributed by atoms with Gasteiger partial charge in [-0.15, -0.1) is 0 Å². The molecule has 0 N–H and O–H groups in total. The molecule has 1 aliphatic heterocycles. The van der Waals surface area contributed by atoms with Crippen LogP contribution < -0.4 is 0 Å². The van der Waals surface area contributed by atoms with E-state index >= 15 is 0 Å². The van der Waals surface area contributed by atoms with Crippen molar-refractivity contribution in [3.63, 3.8) is 0 Å². The van der Waals surface area contributed by atoms with Gasteiger partial charge in [0.2, 0.25) is 0 Å². The molecule has 110 valence electrons. The first-order chi connectivity index (χ1) is 9.22. The zero-order valence-corrected chi connectivity index (χ0v) is 12.6. The van der Waals surface area contributed by atoms with Gasteiger partial charge in [0.15, 0.2) is 0 Å². The molecule has 0 aromatic rings. The largest absolute Gasteiger partial charge is 0.377 e.